The minimum Gasteiger partial charge on any atom is -0.388 e. The average Bonchev–Trinajstić information content (AvgIpc) is 2.48. The molecule has 0 spiro atoms. The molecule has 0 aliphatic heterocycles. The normalized spacial score (nSPS) is 9.95. The molecular weight excluding hydrogens is 240 g/mol. The summed E-state index contributed by atoms with van der Waals surface area (Å²) in [6, 6.07) is 9.27. The van der Waals surface area contributed by atoms with Crippen molar-refractivity contribution in [1.29, 1.82) is 0 Å². The molecule has 0 bridgehead atoms. The number of nitrogens with zero attached hydrogens (tertiary/aromatic N) is 2. The van der Waals surface area contributed by atoms with Gasteiger partial charge in [0.25, 0.3) is 5.91 Å². The minimum absolute atomic E-state index is 0.173. The van der Waals surface area contributed by atoms with Crippen molar-refractivity contribution in [3.63, 3.8) is 0 Å². The molecule has 2 aromatic rings. The van der Waals surface area contributed by atoms with Gasteiger partial charge in [-0.15, -0.1) is 0 Å². The standard InChI is InChI=1S/C14H16N4O/c1-15-12-6-8-17-13(10-12)14(19)18-9-5-11-4-2-3-7-16-11/h2-4,6-8,10H,5,9H2,1H3,(H,15,17)(H,18,19). The Balaban J connectivity index is 1.87. The SMILES string of the molecule is CNc1ccnc(C(=O)NCCc2ccccn2)c1. The Morgan fingerprint density at radius 2 is 2.11 bits per heavy atom. The minimum atomic E-state index is -0.173. The molecule has 19 heavy (non-hydrogen) atoms. The van der Waals surface area contributed by atoms with Gasteiger partial charge >= 0.3 is 0 Å². The zero-order valence-corrected chi connectivity index (χ0v) is 10.8. The predicted octanol–water partition coefficient (Wildman–Crippen LogP) is 1.49. The lowest BCUT2D eigenvalue weighted by molar-refractivity contribution is 0.0949. The van der Waals surface area contributed by atoms with Gasteiger partial charge in [-0.05, 0) is 24.3 Å². The van der Waals surface area contributed by atoms with Crippen LogP contribution < -0.4 is 10.6 Å². The summed E-state index contributed by atoms with van der Waals surface area (Å²) in [5.74, 6) is -0.173. The lowest BCUT2D eigenvalue weighted by Crippen LogP contribution is -2.26. The van der Waals surface area contributed by atoms with E-state index in [2.05, 4.69) is 20.6 Å². The van der Waals surface area contributed by atoms with Gasteiger partial charge in [0.1, 0.15) is 5.69 Å². The third-order valence-electron chi connectivity index (χ3n) is 2.67. The third kappa shape index (κ3) is 3.77. The van der Waals surface area contributed by atoms with E-state index in [1.807, 2.05) is 24.3 Å². The quantitative estimate of drug-likeness (QED) is 0.850. The van der Waals surface area contributed by atoms with E-state index in [-0.39, 0.29) is 5.91 Å². The number of aromatic nitrogens is 2. The number of hydrogen-bond acceptors (Lipinski definition) is 4. The highest BCUT2D eigenvalue weighted by molar-refractivity contribution is 5.93. The van der Waals surface area contributed by atoms with E-state index >= 15 is 0 Å². The van der Waals surface area contributed by atoms with Gasteiger partial charge in [-0.3, -0.25) is 14.8 Å². The largest absolute Gasteiger partial charge is 0.388 e. The Morgan fingerprint density at radius 3 is 2.84 bits per heavy atom. The summed E-state index contributed by atoms with van der Waals surface area (Å²) in [4.78, 5) is 20.1. The van der Waals surface area contributed by atoms with Gasteiger partial charge in [-0.25, -0.2) is 0 Å². The molecule has 98 valence electrons. The fraction of sp³-hybridized carbons (Fsp3) is 0.214. The molecule has 0 radical (unpaired) electrons. The molecule has 1 amide bonds. The molecule has 0 aliphatic rings. The highest BCUT2D eigenvalue weighted by Gasteiger charge is 2.06. The van der Waals surface area contributed by atoms with Crippen molar-refractivity contribution in [3.05, 3.63) is 54.1 Å². The number of anilines is 1. The molecule has 0 unspecified atom stereocenters. The lowest BCUT2D eigenvalue weighted by atomic mass is 10.2. The van der Waals surface area contributed by atoms with Crippen LogP contribution in [-0.4, -0.2) is 29.5 Å². The number of amides is 1. The number of carbonyl (C=O) groups is 1. The Labute approximate surface area is 112 Å². The van der Waals surface area contributed by atoms with Crippen LogP contribution in [-0.2, 0) is 6.42 Å². The summed E-state index contributed by atoms with van der Waals surface area (Å²) >= 11 is 0. The van der Waals surface area contributed by atoms with Crippen LogP contribution in [0.1, 0.15) is 16.2 Å². The Bertz CT molecular complexity index is 542. The first-order valence-electron chi connectivity index (χ1n) is 6.11. The first kappa shape index (κ1) is 13.0. The van der Waals surface area contributed by atoms with Crippen molar-refractivity contribution >= 4 is 11.6 Å². The van der Waals surface area contributed by atoms with Crippen molar-refractivity contribution in [2.75, 3.05) is 18.9 Å². The van der Waals surface area contributed by atoms with Gasteiger partial charge in [0.15, 0.2) is 0 Å². The molecule has 0 saturated heterocycles. The first-order valence-corrected chi connectivity index (χ1v) is 6.11. The van der Waals surface area contributed by atoms with E-state index in [4.69, 9.17) is 0 Å². The van der Waals surface area contributed by atoms with Crippen LogP contribution in [0, 0.1) is 0 Å². The van der Waals surface area contributed by atoms with Crippen molar-refractivity contribution in [1.82, 2.24) is 15.3 Å². The van der Waals surface area contributed by atoms with E-state index in [0.717, 1.165) is 11.4 Å². The Hall–Kier alpha value is -2.43. The second-order valence-corrected chi connectivity index (χ2v) is 4.01. The van der Waals surface area contributed by atoms with Crippen LogP contribution in [0.4, 0.5) is 5.69 Å². The molecule has 0 atom stereocenters. The number of rotatable bonds is 5. The van der Waals surface area contributed by atoms with Crippen LogP contribution in [0.3, 0.4) is 0 Å². The van der Waals surface area contributed by atoms with Gasteiger partial charge in [-0.1, -0.05) is 6.07 Å². The maximum Gasteiger partial charge on any atom is 0.269 e. The average molecular weight is 256 g/mol. The number of pyridine rings is 2. The van der Waals surface area contributed by atoms with E-state index in [1.54, 1.807) is 25.5 Å². The second-order valence-electron chi connectivity index (χ2n) is 4.01. The number of nitrogens with one attached hydrogen (secondary N) is 2. The van der Waals surface area contributed by atoms with Crippen LogP contribution in [0.25, 0.3) is 0 Å². The molecular formula is C14H16N4O. The van der Waals surface area contributed by atoms with Crippen molar-refractivity contribution in [2.24, 2.45) is 0 Å². The zero-order chi connectivity index (χ0) is 13.5. The first-order chi connectivity index (χ1) is 9.29. The maximum absolute atomic E-state index is 11.9. The third-order valence-corrected chi connectivity index (χ3v) is 2.67. The van der Waals surface area contributed by atoms with Crippen LogP contribution in [0.2, 0.25) is 0 Å². The summed E-state index contributed by atoms with van der Waals surface area (Å²) in [5, 5.41) is 5.80. The summed E-state index contributed by atoms with van der Waals surface area (Å²) in [6.07, 6.45) is 4.06. The number of carbonyl (C=O) groups excluding carboxylic acids is 1. The fourth-order valence-corrected chi connectivity index (χ4v) is 1.65. The molecule has 0 aromatic carbocycles. The summed E-state index contributed by atoms with van der Waals surface area (Å²) in [5.41, 5.74) is 2.23. The predicted molar refractivity (Wildman–Crippen MR) is 74.1 cm³/mol. The topological polar surface area (TPSA) is 66.9 Å². The van der Waals surface area contributed by atoms with Gasteiger partial charge in [0.05, 0.1) is 0 Å². The van der Waals surface area contributed by atoms with Crippen molar-refractivity contribution in [3.8, 4) is 0 Å². The van der Waals surface area contributed by atoms with Crippen LogP contribution in [0.5, 0.6) is 0 Å². The maximum atomic E-state index is 11.9. The molecule has 2 heterocycles. The van der Waals surface area contributed by atoms with E-state index in [0.29, 0.717) is 18.7 Å². The smallest absolute Gasteiger partial charge is 0.269 e. The molecule has 0 fully saturated rings. The van der Waals surface area contributed by atoms with Gasteiger partial charge < -0.3 is 10.6 Å². The number of hydrogen-bond donors (Lipinski definition) is 2. The summed E-state index contributed by atoms with van der Waals surface area (Å²) < 4.78 is 0. The van der Waals surface area contributed by atoms with Crippen LogP contribution >= 0.6 is 0 Å². The highest BCUT2D eigenvalue weighted by atomic mass is 16.1. The fourth-order valence-electron chi connectivity index (χ4n) is 1.65. The van der Waals surface area contributed by atoms with E-state index in [9.17, 15) is 4.79 Å². The molecule has 0 saturated carbocycles. The van der Waals surface area contributed by atoms with Crippen LogP contribution in [0.15, 0.2) is 42.7 Å². The van der Waals surface area contributed by atoms with E-state index in [1.165, 1.54) is 0 Å². The van der Waals surface area contributed by atoms with Gasteiger partial charge in [-0.2, -0.15) is 0 Å². The summed E-state index contributed by atoms with van der Waals surface area (Å²) in [7, 11) is 1.80. The second kappa shape index (κ2) is 6.49. The van der Waals surface area contributed by atoms with E-state index < -0.39 is 0 Å². The lowest BCUT2D eigenvalue weighted by Gasteiger charge is -2.06. The van der Waals surface area contributed by atoms with Gasteiger partial charge in [0.2, 0.25) is 0 Å². The van der Waals surface area contributed by atoms with Crippen molar-refractivity contribution in [2.45, 2.75) is 6.42 Å². The monoisotopic (exact) mass is 256 g/mol. The molecule has 5 heteroatoms. The Kier molecular flexibility index (Phi) is 4.44. The molecule has 2 aromatic heterocycles. The molecule has 2 rings (SSSR count). The van der Waals surface area contributed by atoms with Gasteiger partial charge in [0, 0.05) is 43.8 Å². The molecule has 2 N–H and O–H groups in total. The Morgan fingerprint density at radius 1 is 1.21 bits per heavy atom. The van der Waals surface area contributed by atoms with Crippen molar-refractivity contribution < 1.29 is 4.79 Å². The summed E-state index contributed by atoms with van der Waals surface area (Å²) in [6.45, 7) is 0.543. The zero-order valence-electron chi connectivity index (χ0n) is 10.8. The highest BCUT2D eigenvalue weighted by Crippen LogP contribution is 2.06. The molecule has 5 nitrogen and oxygen atoms in total. The molecule has 0 aliphatic carbocycles.